The minimum atomic E-state index is 0.129. The largest absolute Gasteiger partial charge is 0.458 e. The van der Waals surface area contributed by atoms with Crippen LogP contribution in [0.4, 0.5) is 0 Å². The lowest BCUT2D eigenvalue weighted by atomic mass is 10.1. The molecule has 2 aromatic heterocycles. The van der Waals surface area contributed by atoms with Crippen LogP contribution in [0.25, 0.3) is 11.0 Å². The van der Waals surface area contributed by atoms with E-state index in [1.54, 1.807) is 0 Å². The van der Waals surface area contributed by atoms with E-state index in [4.69, 9.17) is 4.42 Å². The molecule has 4 heteroatoms. The molecule has 1 unspecified atom stereocenters. The molecule has 0 fully saturated rings. The zero-order valence-corrected chi connectivity index (χ0v) is 13.4. The molecule has 3 rings (SSSR count). The number of furan rings is 1. The van der Waals surface area contributed by atoms with Gasteiger partial charge in [0.1, 0.15) is 11.3 Å². The molecule has 108 valence electrons. The summed E-state index contributed by atoms with van der Waals surface area (Å²) >= 11 is 3.54. The molecule has 0 aliphatic rings. The van der Waals surface area contributed by atoms with E-state index < -0.39 is 0 Å². The van der Waals surface area contributed by atoms with Gasteiger partial charge in [-0.1, -0.05) is 25.1 Å². The molecule has 0 spiro atoms. The Morgan fingerprint density at radius 2 is 2.14 bits per heavy atom. The van der Waals surface area contributed by atoms with E-state index in [1.807, 2.05) is 36.5 Å². The lowest BCUT2D eigenvalue weighted by molar-refractivity contribution is 0.432. The van der Waals surface area contributed by atoms with Gasteiger partial charge in [-0.25, -0.2) is 0 Å². The van der Waals surface area contributed by atoms with E-state index in [-0.39, 0.29) is 6.04 Å². The van der Waals surface area contributed by atoms with Gasteiger partial charge in [-0.05, 0) is 46.7 Å². The number of rotatable bonds is 5. The van der Waals surface area contributed by atoms with Crippen LogP contribution in [0.5, 0.6) is 0 Å². The van der Waals surface area contributed by atoms with Crippen molar-refractivity contribution < 1.29 is 4.42 Å². The number of likely N-dealkylation sites (N-methyl/N-ethyl adjacent to an activating group) is 1. The Labute approximate surface area is 132 Å². The van der Waals surface area contributed by atoms with Gasteiger partial charge in [0.2, 0.25) is 0 Å². The molecule has 0 radical (unpaired) electrons. The zero-order chi connectivity index (χ0) is 14.7. The fourth-order valence-corrected chi connectivity index (χ4v) is 2.93. The third kappa shape index (κ3) is 3.17. The van der Waals surface area contributed by atoms with Gasteiger partial charge in [-0.2, -0.15) is 0 Å². The van der Waals surface area contributed by atoms with Crippen LogP contribution in [-0.4, -0.2) is 11.5 Å². The summed E-state index contributed by atoms with van der Waals surface area (Å²) in [5.74, 6) is 0.949. The van der Waals surface area contributed by atoms with Crippen molar-refractivity contribution in [2.75, 3.05) is 6.54 Å². The molecule has 0 aliphatic carbocycles. The van der Waals surface area contributed by atoms with E-state index in [0.29, 0.717) is 0 Å². The average Bonchev–Trinajstić information content (AvgIpc) is 2.93. The molecular weight excluding hydrogens is 328 g/mol. The van der Waals surface area contributed by atoms with Gasteiger partial charge in [-0.3, -0.25) is 4.98 Å². The molecule has 0 aliphatic heterocycles. The van der Waals surface area contributed by atoms with Crippen molar-refractivity contribution in [3.05, 3.63) is 64.6 Å². The third-order valence-corrected chi connectivity index (χ3v) is 4.07. The monoisotopic (exact) mass is 344 g/mol. The molecule has 2 heterocycles. The van der Waals surface area contributed by atoms with Crippen molar-refractivity contribution in [2.24, 2.45) is 0 Å². The molecule has 0 amide bonds. The second-order valence-electron chi connectivity index (χ2n) is 4.94. The van der Waals surface area contributed by atoms with Gasteiger partial charge >= 0.3 is 0 Å². The first-order valence-electron chi connectivity index (χ1n) is 7.09. The van der Waals surface area contributed by atoms with Gasteiger partial charge in [0.25, 0.3) is 0 Å². The summed E-state index contributed by atoms with van der Waals surface area (Å²) in [7, 11) is 0. The highest BCUT2D eigenvalue weighted by molar-refractivity contribution is 9.10. The van der Waals surface area contributed by atoms with Gasteiger partial charge in [0.15, 0.2) is 0 Å². The predicted octanol–water partition coefficient (Wildman–Crippen LogP) is 4.48. The maximum atomic E-state index is 6.05. The van der Waals surface area contributed by atoms with Crippen molar-refractivity contribution in [3.8, 4) is 0 Å². The molecule has 0 saturated heterocycles. The Kier molecular flexibility index (Phi) is 4.36. The lowest BCUT2D eigenvalue weighted by Gasteiger charge is -2.14. The minimum absolute atomic E-state index is 0.129. The molecule has 0 saturated carbocycles. The second kappa shape index (κ2) is 6.41. The molecule has 1 aromatic carbocycles. The number of nitrogens with zero attached hydrogens (tertiary/aromatic N) is 1. The average molecular weight is 345 g/mol. The first kappa shape index (κ1) is 14.3. The van der Waals surface area contributed by atoms with E-state index in [0.717, 1.165) is 39.9 Å². The molecule has 0 bridgehead atoms. The first-order chi connectivity index (χ1) is 10.3. The number of fused-ring (bicyclic) bond motifs is 1. The van der Waals surface area contributed by atoms with Crippen LogP contribution in [0, 0.1) is 0 Å². The number of nitrogens with one attached hydrogen (secondary N) is 1. The van der Waals surface area contributed by atoms with E-state index in [1.165, 1.54) is 0 Å². The summed E-state index contributed by atoms with van der Waals surface area (Å²) in [5.41, 5.74) is 1.96. The highest BCUT2D eigenvalue weighted by atomic mass is 79.9. The normalized spacial score (nSPS) is 12.7. The van der Waals surface area contributed by atoms with Crippen molar-refractivity contribution >= 4 is 26.9 Å². The van der Waals surface area contributed by atoms with Crippen LogP contribution in [0.1, 0.15) is 24.4 Å². The zero-order valence-electron chi connectivity index (χ0n) is 11.8. The summed E-state index contributed by atoms with van der Waals surface area (Å²) in [5, 5.41) is 4.59. The topological polar surface area (TPSA) is 38.1 Å². The Balaban J connectivity index is 1.93. The number of aromatic nitrogens is 1. The summed E-state index contributed by atoms with van der Waals surface area (Å²) in [6.45, 7) is 2.99. The first-order valence-corrected chi connectivity index (χ1v) is 7.88. The molecule has 21 heavy (non-hydrogen) atoms. The lowest BCUT2D eigenvalue weighted by Crippen LogP contribution is -2.22. The number of benzene rings is 1. The highest BCUT2D eigenvalue weighted by Crippen LogP contribution is 2.30. The van der Waals surface area contributed by atoms with Gasteiger partial charge in [0.05, 0.1) is 10.5 Å². The number of para-hydroxylation sites is 1. The fraction of sp³-hybridized carbons (Fsp3) is 0.235. The number of hydrogen-bond acceptors (Lipinski definition) is 3. The van der Waals surface area contributed by atoms with Crippen LogP contribution in [0.2, 0.25) is 0 Å². The van der Waals surface area contributed by atoms with Crippen LogP contribution in [0.15, 0.2) is 57.6 Å². The Bertz CT molecular complexity index is 724. The van der Waals surface area contributed by atoms with Crippen molar-refractivity contribution in [1.82, 2.24) is 10.3 Å². The Morgan fingerprint density at radius 1 is 1.24 bits per heavy atom. The molecule has 1 N–H and O–H groups in total. The number of halogens is 1. The van der Waals surface area contributed by atoms with Gasteiger partial charge in [-0.15, -0.1) is 0 Å². The number of pyridine rings is 1. The van der Waals surface area contributed by atoms with Gasteiger partial charge in [0, 0.05) is 23.7 Å². The van der Waals surface area contributed by atoms with E-state index in [2.05, 4.69) is 45.3 Å². The summed E-state index contributed by atoms with van der Waals surface area (Å²) in [6, 6.07) is 14.3. The molecular formula is C17H17BrN2O. The van der Waals surface area contributed by atoms with Crippen molar-refractivity contribution in [2.45, 2.75) is 19.4 Å². The highest BCUT2D eigenvalue weighted by Gasteiger charge is 2.17. The molecule has 3 aromatic rings. The standard InChI is InChI=1S/C17H17BrN2O/c1-2-19-15(11-13-7-3-4-9-20-13)16-10-12-6-5-8-14(18)17(12)21-16/h3-10,15,19H,2,11H2,1H3. The third-order valence-electron chi connectivity index (χ3n) is 3.45. The van der Waals surface area contributed by atoms with Gasteiger partial charge < -0.3 is 9.73 Å². The van der Waals surface area contributed by atoms with Crippen LogP contribution in [-0.2, 0) is 6.42 Å². The van der Waals surface area contributed by atoms with Crippen molar-refractivity contribution in [1.29, 1.82) is 0 Å². The Morgan fingerprint density at radius 3 is 2.86 bits per heavy atom. The van der Waals surface area contributed by atoms with Crippen LogP contribution >= 0.6 is 15.9 Å². The van der Waals surface area contributed by atoms with Crippen LogP contribution < -0.4 is 5.32 Å². The van der Waals surface area contributed by atoms with Crippen molar-refractivity contribution in [3.63, 3.8) is 0 Å². The smallest absolute Gasteiger partial charge is 0.148 e. The summed E-state index contributed by atoms with van der Waals surface area (Å²) < 4.78 is 7.03. The molecule has 3 nitrogen and oxygen atoms in total. The SMILES string of the molecule is CCNC(Cc1ccccn1)c1cc2cccc(Br)c2o1. The minimum Gasteiger partial charge on any atom is -0.458 e. The predicted molar refractivity (Wildman–Crippen MR) is 88.3 cm³/mol. The molecule has 1 atom stereocenters. The Hall–Kier alpha value is -1.65. The summed E-state index contributed by atoms with van der Waals surface area (Å²) in [4.78, 5) is 4.41. The maximum Gasteiger partial charge on any atom is 0.148 e. The number of hydrogen-bond donors (Lipinski definition) is 1. The maximum absolute atomic E-state index is 6.05. The van der Waals surface area contributed by atoms with E-state index >= 15 is 0 Å². The summed E-state index contributed by atoms with van der Waals surface area (Å²) in [6.07, 6.45) is 2.64. The van der Waals surface area contributed by atoms with E-state index in [9.17, 15) is 0 Å². The van der Waals surface area contributed by atoms with Crippen LogP contribution in [0.3, 0.4) is 0 Å². The second-order valence-corrected chi connectivity index (χ2v) is 5.80. The quantitative estimate of drug-likeness (QED) is 0.741. The fourth-order valence-electron chi connectivity index (χ4n) is 2.47.